The third-order valence-electron chi connectivity index (χ3n) is 4.76. The Morgan fingerprint density at radius 2 is 1.90 bits per heavy atom. The van der Waals surface area contributed by atoms with Crippen molar-refractivity contribution in [1.82, 2.24) is 19.7 Å². The minimum absolute atomic E-state index is 0.668. The molecule has 0 aliphatic rings. The molecule has 160 valence electrons. The van der Waals surface area contributed by atoms with Crippen LogP contribution in [-0.4, -0.2) is 33.5 Å². The lowest BCUT2D eigenvalue weighted by atomic mass is 10.2. The number of aromatic nitrogens is 4. The van der Waals surface area contributed by atoms with Gasteiger partial charge >= 0.3 is 0 Å². The highest BCUT2D eigenvalue weighted by Gasteiger charge is 2.17. The Kier molecular flexibility index (Phi) is 7.40. The molecular formula is C23H23ClN4OS2. The number of halogens is 1. The second-order valence-corrected chi connectivity index (χ2v) is 9.29. The topological polar surface area (TPSA) is 52.8 Å². The summed E-state index contributed by atoms with van der Waals surface area (Å²) in [6, 6.07) is 16.2. The predicted octanol–water partition coefficient (Wildman–Crippen LogP) is 6.36. The number of benzene rings is 2. The molecule has 31 heavy (non-hydrogen) atoms. The molecule has 2 heterocycles. The van der Waals surface area contributed by atoms with E-state index in [0.29, 0.717) is 11.6 Å². The molecule has 2 aromatic carbocycles. The third-order valence-corrected chi connectivity index (χ3v) is 7.03. The second-order valence-electron chi connectivity index (χ2n) is 7.08. The zero-order chi connectivity index (χ0) is 21.6. The van der Waals surface area contributed by atoms with Gasteiger partial charge in [0.05, 0.1) is 10.7 Å². The number of thiazole rings is 1. The van der Waals surface area contributed by atoms with Gasteiger partial charge in [-0.05, 0) is 25.5 Å². The minimum Gasteiger partial charge on any atom is -0.385 e. The maximum Gasteiger partial charge on any atom is 0.191 e. The van der Waals surface area contributed by atoms with Gasteiger partial charge in [-0.3, -0.25) is 0 Å². The number of rotatable bonds is 9. The molecule has 0 saturated heterocycles. The van der Waals surface area contributed by atoms with E-state index in [-0.39, 0.29) is 0 Å². The fourth-order valence-corrected chi connectivity index (χ4v) is 5.15. The van der Waals surface area contributed by atoms with Gasteiger partial charge in [0.2, 0.25) is 0 Å². The lowest BCUT2D eigenvalue weighted by Crippen LogP contribution is -2.05. The molecule has 0 aliphatic heterocycles. The van der Waals surface area contributed by atoms with Gasteiger partial charge in [0.25, 0.3) is 0 Å². The van der Waals surface area contributed by atoms with Crippen molar-refractivity contribution in [2.75, 3.05) is 13.7 Å². The first-order chi connectivity index (χ1) is 15.2. The average Bonchev–Trinajstić information content (AvgIpc) is 3.41. The zero-order valence-electron chi connectivity index (χ0n) is 17.4. The molecule has 0 fully saturated rings. The molecule has 4 aromatic rings. The molecule has 0 radical (unpaired) electrons. The molecule has 0 atom stereocenters. The zero-order valence-corrected chi connectivity index (χ0v) is 19.8. The minimum atomic E-state index is 0.668. The van der Waals surface area contributed by atoms with E-state index >= 15 is 0 Å². The maximum absolute atomic E-state index is 6.42. The van der Waals surface area contributed by atoms with Crippen LogP contribution in [0.2, 0.25) is 5.02 Å². The van der Waals surface area contributed by atoms with E-state index < -0.39 is 0 Å². The molecule has 0 spiro atoms. The molecule has 0 amide bonds. The molecular weight excluding hydrogens is 448 g/mol. The summed E-state index contributed by atoms with van der Waals surface area (Å²) < 4.78 is 7.36. The standard InChI is InChI=1S/C23H23ClN4OS2/c1-16-8-10-17(11-9-16)22-25-18(14-30-22)15-31-23-27-26-21(28(23)12-5-13-29-2)19-6-3-4-7-20(19)24/h3-4,6-11,14H,5,12-13,15H2,1-2H3. The Bertz CT molecular complexity index is 1140. The number of methoxy groups -OCH3 is 1. The van der Waals surface area contributed by atoms with E-state index in [1.165, 1.54) is 5.56 Å². The van der Waals surface area contributed by atoms with Crippen molar-refractivity contribution in [2.24, 2.45) is 0 Å². The van der Waals surface area contributed by atoms with Gasteiger partial charge in [-0.25, -0.2) is 4.98 Å². The quantitative estimate of drug-likeness (QED) is 0.210. The van der Waals surface area contributed by atoms with E-state index in [1.807, 2.05) is 24.3 Å². The van der Waals surface area contributed by atoms with Gasteiger partial charge in [-0.1, -0.05) is 65.3 Å². The largest absolute Gasteiger partial charge is 0.385 e. The molecule has 5 nitrogen and oxygen atoms in total. The highest BCUT2D eigenvalue weighted by atomic mass is 35.5. The summed E-state index contributed by atoms with van der Waals surface area (Å²) in [5.74, 6) is 1.51. The van der Waals surface area contributed by atoms with Gasteiger partial charge in [-0.15, -0.1) is 21.5 Å². The van der Waals surface area contributed by atoms with Crippen LogP contribution < -0.4 is 0 Å². The molecule has 0 saturated carbocycles. The predicted molar refractivity (Wildman–Crippen MR) is 129 cm³/mol. The van der Waals surface area contributed by atoms with Gasteiger partial charge in [-0.2, -0.15) is 0 Å². The number of ether oxygens (including phenoxy) is 1. The summed E-state index contributed by atoms with van der Waals surface area (Å²) in [6.07, 6.45) is 0.869. The van der Waals surface area contributed by atoms with E-state index in [0.717, 1.165) is 51.5 Å². The fraction of sp³-hybridized carbons (Fsp3) is 0.261. The van der Waals surface area contributed by atoms with Crippen LogP contribution in [0.15, 0.2) is 59.1 Å². The van der Waals surface area contributed by atoms with Gasteiger partial charge in [0.15, 0.2) is 11.0 Å². The van der Waals surface area contributed by atoms with E-state index in [1.54, 1.807) is 30.2 Å². The van der Waals surface area contributed by atoms with Crippen LogP contribution >= 0.6 is 34.7 Å². The Balaban J connectivity index is 1.53. The lowest BCUT2D eigenvalue weighted by molar-refractivity contribution is 0.189. The third kappa shape index (κ3) is 5.36. The van der Waals surface area contributed by atoms with Crippen LogP contribution in [0.3, 0.4) is 0 Å². The first-order valence-corrected chi connectivity index (χ1v) is 12.2. The Morgan fingerprint density at radius 1 is 1.10 bits per heavy atom. The Hall–Kier alpha value is -2.19. The molecule has 8 heteroatoms. The molecule has 0 unspecified atom stereocenters. The summed E-state index contributed by atoms with van der Waals surface area (Å²) in [7, 11) is 1.71. The molecule has 2 aromatic heterocycles. The second kappa shape index (κ2) is 10.4. The summed E-state index contributed by atoms with van der Waals surface area (Å²) in [4.78, 5) is 4.81. The van der Waals surface area contributed by atoms with Gasteiger partial charge in [0.1, 0.15) is 5.01 Å². The smallest absolute Gasteiger partial charge is 0.191 e. The van der Waals surface area contributed by atoms with E-state index in [4.69, 9.17) is 21.3 Å². The highest BCUT2D eigenvalue weighted by Crippen LogP contribution is 2.32. The van der Waals surface area contributed by atoms with Gasteiger partial charge in [0, 0.05) is 42.5 Å². The van der Waals surface area contributed by atoms with Crippen molar-refractivity contribution in [3.63, 3.8) is 0 Å². The summed E-state index contributed by atoms with van der Waals surface area (Å²) in [5, 5.41) is 13.6. The normalized spacial score (nSPS) is 11.2. The van der Waals surface area contributed by atoms with Crippen LogP contribution in [0.4, 0.5) is 0 Å². The molecule has 0 bridgehead atoms. The maximum atomic E-state index is 6.42. The number of thioether (sulfide) groups is 1. The molecule has 0 N–H and O–H groups in total. The number of hydrogen-bond donors (Lipinski definition) is 0. The monoisotopic (exact) mass is 470 g/mol. The van der Waals surface area contributed by atoms with E-state index in [9.17, 15) is 0 Å². The van der Waals surface area contributed by atoms with Crippen molar-refractivity contribution in [3.05, 3.63) is 70.2 Å². The van der Waals surface area contributed by atoms with Gasteiger partial charge < -0.3 is 9.30 Å². The van der Waals surface area contributed by atoms with Crippen LogP contribution in [0, 0.1) is 6.92 Å². The lowest BCUT2D eigenvalue weighted by Gasteiger charge is -2.10. The van der Waals surface area contributed by atoms with Crippen molar-refractivity contribution in [1.29, 1.82) is 0 Å². The number of aryl methyl sites for hydroxylation is 1. The SMILES string of the molecule is COCCCn1c(SCc2csc(-c3ccc(C)cc3)n2)nnc1-c1ccccc1Cl. The first kappa shape index (κ1) is 22.0. The van der Waals surface area contributed by atoms with Crippen LogP contribution in [0.25, 0.3) is 22.0 Å². The van der Waals surface area contributed by atoms with Crippen molar-refractivity contribution < 1.29 is 4.74 Å². The fourth-order valence-electron chi connectivity index (χ4n) is 3.15. The summed E-state index contributed by atoms with van der Waals surface area (Å²) >= 11 is 9.73. The molecule has 4 rings (SSSR count). The van der Waals surface area contributed by atoms with Crippen LogP contribution in [0.5, 0.6) is 0 Å². The molecule has 0 aliphatic carbocycles. The Morgan fingerprint density at radius 3 is 2.68 bits per heavy atom. The number of nitrogens with zero attached hydrogens (tertiary/aromatic N) is 4. The summed E-state index contributed by atoms with van der Waals surface area (Å²) in [5.41, 5.74) is 4.32. The number of hydrogen-bond acceptors (Lipinski definition) is 6. The summed E-state index contributed by atoms with van der Waals surface area (Å²) in [6.45, 7) is 3.53. The van der Waals surface area contributed by atoms with Crippen LogP contribution in [-0.2, 0) is 17.0 Å². The highest BCUT2D eigenvalue weighted by molar-refractivity contribution is 7.98. The Labute approximate surface area is 195 Å². The van der Waals surface area contributed by atoms with Crippen LogP contribution in [0.1, 0.15) is 17.7 Å². The van der Waals surface area contributed by atoms with E-state index in [2.05, 4.69) is 51.3 Å². The van der Waals surface area contributed by atoms with Crippen molar-refractivity contribution >= 4 is 34.7 Å². The van der Waals surface area contributed by atoms with Crippen molar-refractivity contribution in [3.8, 4) is 22.0 Å². The first-order valence-electron chi connectivity index (χ1n) is 9.97. The van der Waals surface area contributed by atoms with Crippen molar-refractivity contribution in [2.45, 2.75) is 30.8 Å². The average molecular weight is 471 g/mol.